The fourth-order valence-corrected chi connectivity index (χ4v) is 4.05. The van der Waals surface area contributed by atoms with Gasteiger partial charge in [0.05, 0.1) is 12.1 Å². The summed E-state index contributed by atoms with van der Waals surface area (Å²) in [6, 6.07) is 9.78. The van der Waals surface area contributed by atoms with Crippen molar-refractivity contribution in [3.63, 3.8) is 0 Å². The number of hydrogen-bond acceptors (Lipinski definition) is 5. The molecule has 7 heteroatoms. The molecule has 0 radical (unpaired) electrons. The molecule has 5 nitrogen and oxygen atoms in total. The Balaban J connectivity index is 2.09. The van der Waals surface area contributed by atoms with Crippen molar-refractivity contribution in [2.75, 3.05) is 7.11 Å². The van der Waals surface area contributed by atoms with E-state index >= 15 is 0 Å². The van der Waals surface area contributed by atoms with Gasteiger partial charge in [-0.3, -0.25) is 4.98 Å². The zero-order valence-electron chi connectivity index (χ0n) is 13.9. The zero-order valence-corrected chi connectivity index (χ0v) is 15.5. The van der Waals surface area contributed by atoms with Crippen LogP contribution in [0.15, 0.2) is 47.5 Å². The quantitative estimate of drug-likeness (QED) is 0.635. The van der Waals surface area contributed by atoms with Crippen molar-refractivity contribution in [2.24, 2.45) is 0 Å². The highest BCUT2D eigenvalue weighted by Crippen LogP contribution is 2.33. The molecule has 0 N–H and O–H groups in total. The van der Waals surface area contributed by atoms with Crippen LogP contribution in [-0.2, 0) is 10.1 Å². The van der Waals surface area contributed by atoms with Crippen LogP contribution in [-0.4, -0.2) is 20.5 Å². The molecule has 25 heavy (non-hydrogen) atoms. The predicted octanol–water partition coefficient (Wildman–Crippen LogP) is 4.28. The minimum atomic E-state index is -4.03. The van der Waals surface area contributed by atoms with Gasteiger partial charge in [0.2, 0.25) is 0 Å². The van der Waals surface area contributed by atoms with E-state index in [1.807, 2.05) is 0 Å². The van der Waals surface area contributed by atoms with Gasteiger partial charge in [-0.05, 0) is 61.4 Å². The summed E-state index contributed by atoms with van der Waals surface area (Å²) in [5, 5.41) is 1.10. The molecule has 0 unspecified atom stereocenters. The van der Waals surface area contributed by atoms with Crippen molar-refractivity contribution in [1.29, 1.82) is 0 Å². The number of methoxy groups -OCH3 is 1. The second-order valence-corrected chi connectivity index (χ2v) is 7.49. The first-order chi connectivity index (χ1) is 11.8. The molecular formula is C18H16ClNO4S. The lowest BCUT2D eigenvalue weighted by Crippen LogP contribution is -2.12. The minimum absolute atomic E-state index is 0.0878. The van der Waals surface area contributed by atoms with Crippen LogP contribution in [0.5, 0.6) is 11.5 Å². The van der Waals surface area contributed by atoms with Crippen LogP contribution in [0.4, 0.5) is 0 Å². The number of halogens is 1. The standard InChI is InChI=1S/C18H16ClNO4S/c1-11-10-17(12(2)9-16(11)23-3)25(21,22)24-15-7-6-14(19)13-5-4-8-20-18(13)15/h4-10H,1-3H3. The van der Waals surface area contributed by atoms with E-state index in [1.54, 1.807) is 44.3 Å². The molecule has 0 spiro atoms. The molecule has 0 aliphatic rings. The fraction of sp³-hybridized carbons (Fsp3) is 0.167. The third kappa shape index (κ3) is 3.27. The molecule has 130 valence electrons. The second-order valence-electron chi connectivity index (χ2n) is 5.57. The summed E-state index contributed by atoms with van der Waals surface area (Å²) >= 11 is 6.14. The number of fused-ring (bicyclic) bond motifs is 1. The van der Waals surface area contributed by atoms with Crippen LogP contribution >= 0.6 is 11.6 Å². The molecule has 0 fully saturated rings. The van der Waals surface area contributed by atoms with E-state index in [1.165, 1.54) is 19.2 Å². The van der Waals surface area contributed by atoms with E-state index in [-0.39, 0.29) is 10.6 Å². The van der Waals surface area contributed by atoms with Gasteiger partial charge in [-0.1, -0.05) is 11.6 Å². The molecule has 0 atom stereocenters. The SMILES string of the molecule is COc1cc(C)c(S(=O)(=O)Oc2ccc(Cl)c3cccnc23)cc1C. The smallest absolute Gasteiger partial charge is 0.339 e. The van der Waals surface area contributed by atoms with E-state index in [0.29, 0.717) is 32.8 Å². The maximum atomic E-state index is 12.8. The number of rotatable bonds is 4. The number of nitrogens with zero attached hydrogens (tertiary/aromatic N) is 1. The van der Waals surface area contributed by atoms with Crippen molar-refractivity contribution < 1.29 is 17.3 Å². The lowest BCUT2D eigenvalue weighted by molar-refractivity contribution is 0.410. The summed E-state index contributed by atoms with van der Waals surface area (Å²) in [6.45, 7) is 3.47. The van der Waals surface area contributed by atoms with Crippen molar-refractivity contribution in [2.45, 2.75) is 18.7 Å². The van der Waals surface area contributed by atoms with Gasteiger partial charge in [0, 0.05) is 11.6 Å². The predicted molar refractivity (Wildman–Crippen MR) is 97.0 cm³/mol. The molecule has 3 rings (SSSR count). The Hall–Kier alpha value is -2.31. The summed E-state index contributed by atoms with van der Waals surface area (Å²) in [4.78, 5) is 4.28. The maximum Gasteiger partial charge on any atom is 0.339 e. The van der Waals surface area contributed by atoms with Crippen LogP contribution < -0.4 is 8.92 Å². The number of ether oxygens (including phenoxy) is 1. The normalized spacial score (nSPS) is 11.5. The summed E-state index contributed by atoms with van der Waals surface area (Å²) < 4.78 is 36.2. The number of benzene rings is 2. The van der Waals surface area contributed by atoms with Crippen LogP contribution in [0.3, 0.4) is 0 Å². The van der Waals surface area contributed by atoms with Crippen LogP contribution in [0, 0.1) is 13.8 Å². The molecule has 0 saturated carbocycles. The summed E-state index contributed by atoms with van der Waals surface area (Å²) in [6.07, 6.45) is 1.56. The largest absolute Gasteiger partial charge is 0.496 e. The van der Waals surface area contributed by atoms with Crippen molar-refractivity contribution in [3.8, 4) is 11.5 Å². The number of pyridine rings is 1. The summed E-state index contributed by atoms with van der Waals surface area (Å²) in [5.74, 6) is 0.753. The van der Waals surface area contributed by atoms with Gasteiger partial charge in [0.1, 0.15) is 16.2 Å². The topological polar surface area (TPSA) is 65.5 Å². The molecule has 0 saturated heterocycles. The molecule has 1 aromatic heterocycles. The highest BCUT2D eigenvalue weighted by Gasteiger charge is 2.22. The average Bonchev–Trinajstić information content (AvgIpc) is 2.59. The lowest BCUT2D eigenvalue weighted by Gasteiger charge is -2.13. The first-order valence-corrected chi connectivity index (χ1v) is 9.25. The summed E-state index contributed by atoms with van der Waals surface area (Å²) in [5.41, 5.74) is 1.63. The summed E-state index contributed by atoms with van der Waals surface area (Å²) in [7, 11) is -2.49. The first-order valence-electron chi connectivity index (χ1n) is 7.46. The average molecular weight is 378 g/mol. The molecule has 0 aliphatic heterocycles. The van der Waals surface area contributed by atoms with Crippen molar-refractivity contribution in [1.82, 2.24) is 4.98 Å². The highest BCUT2D eigenvalue weighted by atomic mass is 35.5. The Morgan fingerprint density at radius 2 is 1.80 bits per heavy atom. The fourth-order valence-electron chi connectivity index (χ4n) is 2.59. The van der Waals surface area contributed by atoms with Gasteiger partial charge in [0.25, 0.3) is 0 Å². The van der Waals surface area contributed by atoms with Gasteiger partial charge in [-0.2, -0.15) is 8.42 Å². The molecule has 3 aromatic rings. The van der Waals surface area contributed by atoms with Gasteiger partial charge in [-0.15, -0.1) is 0 Å². The van der Waals surface area contributed by atoms with Crippen molar-refractivity contribution >= 4 is 32.6 Å². The second kappa shape index (κ2) is 6.54. The van der Waals surface area contributed by atoms with Crippen molar-refractivity contribution in [3.05, 3.63) is 58.7 Å². The Morgan fingerprint density at radius 1 is 1.04 bits per heavy atom. The Morgan fingerprint density at radius 3 is 2.52 bits per heavy atom. The number of aromatic nitrogens is 1. The molecule has 0 aliphatic carbocycles. The maximum absolute atomic E-state index is 12.8. The first kappa shape index (κ1) is 17.5. The van der Waals surface area contributed by atoms with Gasteiger partial charge >= 0.3 is 10.1 Å². The van der Waals surface area contributed by atoms with Crippen LogP contribution in [0.1, 0.15) is 11.1 Å². The van der Waals surface area contributed by atoms with E-state index in [9.17, 15) is 8.42 Å². The highest BCUT2D eigenvalue weighted by molar-refractivity contribution is 7.87. The third-order valence-electron chi connectivity index (χ3n) is 3.84. The van der Waals surface area contributed by atoms with E-state index in [4.69, 9.17) is 20.5 Å². The van der Waals surface area contributed by atoms with Gasteiger partial charge < -0.3 is 8.92 Å². The number of hydrogen-bond donors (Lipinski definition) is 0. The zero-order chi connectivity index (χ0) is 18.2. The molecular weight excluding hydrogens is 362 g/mol. The Kier molecular flexibility index (Phi) is 4.58. The number of aryl methyl sites for hydroxylation is 2. The molecule has 0 bridgehead atoms. The third-order valence-corrected chi connectivity index (χ3v) is 5.55. The Labute approximate surface area is 151 Å². The van der Waals surface area contributed by atoms with Crippen LogP contribution in [0.2, 0.25) is 5.02 Å². The minimum Gasteiger partial charge on any atom is -0.496 e. The van der Waals surface area contributed by atoms with E-state index in [0.717, 1.165) is 0 Å². The molecule has 2 aromatic carbocycles. The Bertz CT molecular complexity index is 1060. The monoisotopic (exact) mass is 377 g/mol. The van der Waals surface area contributed by atoms with E-state index < -0.39 is 10.1 Å². The van der Waals surface area contributed by atoms with Gasteiger partial charge in [-0.25, -0.2) is 0 Å². The van der Waals surface area contributed by atoms with Crippen LogP contribution in [0.25, 0.3) is 10.9 Å². The van der Waals surface area contributed by atoms with E-state index in [2.05, 4.69) is 4.98 Å². The molecule has 1 heterocycles. The lowest BCUT2D eigenvalue weighted by atomic mass is 10.1. The molecule has 0 amide bonds. The van der Waals surface area contributed by atoms with Gasteiger partial charge in [0.15, 0.2) is 5.75 Å².